The van der Waals surface area contributed by atoms with Crippen LogP contribution in [0.5, 0.6) is 5.75 Å². The Morgan fingerprint density at radius 3 is 2.71 bits per heavy atom. The fourth-order valence-corrected chi connectivity index (χ4v) is 3.43. The van der Waals surface area contributed by atoms with E-state index in [2.05, 4.69) is 27.3 Å². The second kappa shape index (κ2) is 10.1. The lowest BCUT2D eigenvalue weighted by molar-refractivity contribution is 0.0891. The molecule has 1 aliphatic heterocycles. The van der Waals surface area contributed by atoms with Crippen molar-refractivity contribution in [1.82, 2.24) is 10.3 Å². The highest BCUT2D eigenvalue weighted by atomic mass is 16.5. The summed E-state index contributed by atoms with van der Waals surface area (Å²) in [5.41, 5.74) is 1.82. The number of benzene rings is 1. The molecule has 1 saturated heterocycles. The third-order valence-corrected chi connectivity index (χ3v) is 5.13. The maximum absolute atomic E-state index is 12.3. The van der Waals surface area contributed by atoms with Gasteiger partial charge in [-0.3, -0.25) is 4.79 Å². The number of rotatable bonds is 8. The van der Waals surface area contributed by atoms with Gasteiger partial charge in [-0.25, -0.2) is 4.98 Å². The van der Waals surface area contributed by atoms with E-state index in [1.807, 2.05) is 24.3 Å². The molecule has 1 atom stereocenters. The van der Waals surface area contributed by atoms with E-state index >= 15 is 0 Å². The molecule has 0 saturated carbocycles. The van der Waals surface area contributed by atoms with Crippen LogP contribution in [-0.4, -0.2) is 50.8 Å². The fourth-order valence-electron chi connectivity index (χ4n) is 3.43. The highest BCUT2D eigenvalue weighted by Gasteiger charge is 2.20. The molecule has 0 radical (unpaired) electrons. The number of nitrogens with zero attached hydrogens (tertiary/aromatic N) is 2. The summed E-state index contributed by atoms with van der Waals surface area (Å²) in [6.45, 7) is 2.46. The van der Waals surface area contributed by atoms with E-state index in [0.717, 1.165) is 50.3 Å². The van der Waals surface area contributed by atoms with Gasteiger partial charge in [0.15, 0.2) is 0 Å². The third kappa shape index (κ3) is 5.45. The van der Waals surface area contributed by atoms with Crippen molar-refractivity contribution in [2.24, 2.45) is 0 Å². The third-order valence-electron chi connectivity index (χ3n) is 5.13. The van der Waals surface area contributed by atoms with Gasteiger partial charge < -0.3 is 19.7 Å². The lowest BCUT2D eigenvalue weighted by Crippen LogP contribution is -2.39. The predicted octanol–water partition coefficient (Wildman–Crippen LogP) is 3.07. The number of hydrogen-bond acceptors (Lipinski definition) is 5. The van der Waals surface area contributed by atoms with Crippen molar-refractivity contribution >= 4 is 11.7 Å². The molecular weight excluding hydrogens is 354 g/mol. The molecule has 2 heterocycles. The molecule has 3 rings (SSSR count). The minimum Gasteiger partial charge on any atom is -0.497 e. The van der Waals surface area contributed by atoms with Crippen LogP contribution in [0.2, 0.25) is 0 Å². The number of aromatic nitrogens is 1. The van der Waals surface area contributed by atoms with Gasteiger partial charge in [-0.2, -0.15) is 0 Å². The van der Waals surface area contributed by atoms with E-state index in [-0.39, 0.29) is 12.0 Å². The van der Waals surface area contributed by atoms with Gasteiger partial charge in [0.25, 0.3) is 5.91 Å². The second-order valence-corrected chi connectivity index (χ2v) is 7.06. The molecule has 1 aliphatic rings. The number of hydrogen-bond donors (Lipinski definition) is 1. The summed E-state index contributed by atoms with van der Waals surface area (Å²) in [6, 6.07) is 11.8. The van der Waals surface area contributed by atoms with E-state index in [4.69, 9.17) is 9.47 Å². The van der Waals surface area contributed by atoms with Gasteiger partial charge in [0.2, 0.25) is 0 Å². The zero-order chi connectivity index (χ0) is 19.8. The number of pyridine rings is 1. The van der Waals surface area contributed by atoms with Gasteiger partial charge in [-0.05, 0) is 55.5 Å². The first kappa shape index (κ1) is 20.1. The molecule has 1 N–H and O–H groups in total. The van der Waals surface area contributed by atoms with Crippen LogP contribution in [0.1, 0.15) is 35.2 Å². The Hall–Kier alpha value is -2.60. The number of methoxy groups -OCH3 is 2. The van der Waals surface area contributed by atoms with Crippen LogP contribution < -0.4 is 15.0 Å². The number of aryl methyl sites for hydroxylation is 1. The lowest BCUT2D eigenvalue weighted by atomic mass is 10.1. The maximum atomic E-state index is 12.3. The molecule has 6 nitrogen and oxygen atoms in total. The van der Waals surface area contributed by atoms with Gasteiger partial charge in [0.05, 0.1) is 18.8 Å². The molecule has 0 spiro atoms. The molecule has 2 aromatic rings. The topological polar surface area (TPSA) is 63.7 Å². The van der Waals surface area contributed by atoms with Crippen molar-refractivity contribution in [3.63, 3.8) is 0 Å². The Kier molecular flexibility index (Phi) is 7.25. The molecule has 1 aromatic heterocycles. The first-order valence-corrected chi connectivity index (χ1v) is 9.84. The summed E-state index contributed by atoms with van der Waals surface area (Å²) in [7, 11) is 3.42. The van der Waals surface area contributed by atoms with Crippen LogP contribution in [-0.2, 0) is 11.2 Å². The first-order valence-electron chi connectivity index (χ1n) is 9.84. The van der Waals surface area contributed by atoms with Gasteiger partial charge in [-0.15, -0.1) is 0 Å². The Bertz CT molecular complexity index is 747. The molecule has 1 unspecified atom stereocenters. The number of carbonyl (C=O) groups excluding carboxylic acids is 1. The van der Waals surface area contributed by atoms with Crippen molar-refractivity contribution in [2.45, 2.75) is 31.8 Å². The molecule has 1 fully saturated rings. The van der Waals surface area contributed by atoms with Gasteiger partial charge >= 0.3 is 0 Å². The molecule has 6 heteroatoms. The van der Waals surface area contributed by atoms with Gasteiger partial charge in [-0.1, -0.05) is 12.1 Å². The number of ether oxygens (including phenoxy) is 2. The van der Waals surface area contributed by atoms with E-state index in [1.54, 1.807) is 20.4 Å². The van der Waals surface area contributed by atoms with Crippen molar-refractivity contribution in [2.75, 3.05) is 38.8 Å². The minimum atomic E-state index is -0.0813. The molecule has 150 valence electrons. The summed E-state index contributed by atoms with van der Waals surface area (Å²) in [4.78, 5) is 19.0. The largest absolute Gasteiger partial charge is 0.497 e. The lowest BCUT2D eigenvalue weighted by Gasteiger charge is -2.32. The number of amides is 1. The van der Waals surface area contributed by atoms with Crippen LogP contribution >= 0.6 is 0 Å². The van der Waals surface area contributed by atoms with Crippen molar-refractivity contribution in [3.8, 4) is 5.75 Å². The van der Waals surface area contributed by atoms with Crippen LogP contribution in [0, 0.1) is 0 Å². The first-order chi connectivity index (χ1) is 13.7. The fraction of sp³-hybridized carbons (Fsp3) is 0.455. The quantitative estimate of drug-likeness (QED) is 0.710. The molecule has 0 aliphatic carbocycles. The SMILES string of the molecule is COc1ccc(CCCNC(=O)c2ccc(N3CCCC(OC)C3)nc2)cc1. The van der Waals surface area contributed by atoms with Crippen LogP contribution in [0.15, 0.2) is 42.6 Å². The normalized spacial score (nSPS) is 16.6. The van der Waals surface area contributed by atoms with Crippen LogP contribution in [0.3, 0.4) is 0 Å². The summed E-state index contributed by atoms with van der Waals surface area (Å²) in [5, 5.41) is 2.97. The Balaban J connectivity index is 1.44. The van der Waals surface area contributed by atoms with E-state index in [0.29, 0.717) is 12.1 Å². The summed E-state index contributed by atoms with van der Waals surface area (Å²) in [6.07, 6.45) is 5.89. The number of anilines is 1. The number of carbonyl (C=O) groups is 1. The monoisotopic (exact) mass is 383 g/mol. The van der Waals surface area contributed by atoms with Crippen LogP contribution in [0.4, 0.5) is 5.82 Å². The smallest absolute Gasteiger partial charge is 0.252 e. The maximum Gasteiger partial charge on any atom is 0.252 e. The van der Waals surface area contributed by atoms with Crippen LogP contribution in [0.25, 0.3) is 0 Å². The van der Waals surface area contributed by atoms with Gasteiger partial charge in [0.1, 0.15) is 11.6 Å². The van der Waals surface area contributed by atoms with Crippen molar-refractivity contribution in [3.05, 3.63) is 53.7 Å². The second-order valence-electron chi connectivity index (χ2n) is 7.06. The van der Waals surface area contributed by atoms with E-state index in [1.165, 1.54) is 5.56 Å². The Morgan fingerprint density at radius 1 is 1.21 bits per heavy atom. The Morgan fingerprint density at radius 2 is 2.04 bits per heavy atom. The Labute approximate surface area is 166 Å². The highest BCUT2D eigenvalue weighted by molar-refractivity contribution is 5.94. The number of nitrogens with one attached hydrogen (secondary N) is 1. The average molecular weight is 383 g/mol. The van der Waals surface area contributed by atoms with Crippen molar-refractivity contribution in [1.29, 1.82) is 0 Å². The van der Waals surface area contributed by atoms with Gasteiger partial charge in [0, 0.05) is 32.9 Å². The molecule has 0 bridgehead atoms. The average Bonchev–Trinajstić information content (AvgIpc) is 2.77. The van der Waals surface area contributed by atoms with E-state index < -0.39 is 0 Å². The molecular formula is C22H29N3O3. The predicted molar refractivity (Wildman–Crippen MR) is 110 cm³/mol. The highest BCUT2D eigenvalue weighted by Crippen LogP contribution is 2.19. The summed E-state index contributed by atoms with van der Waals surface area (Å²) >= 11 is 0. The van der Waals surface area contributed by atoms with E-state index in [9.17, 15) is 4.79 Å². The van der Waals surface area contributed by atoms with Crippen molar-refractivity contribution < 1.29 is 14.3 Å². The molecule has 1 aromatic carbocycles. The summed E-state index contributed by atoms with van der Waals surface area (Å²) in [5.74, 6) is 1.68. The number of piperidine rings is 1. The molecule has 28 heavy (non-hydrogen) atoms. The standard InChI is InChI=1S/C22H29N3O3/c1-27-19-10-7-17(8-11-19)5-3-13-23-22(26)18-9-12-21(24-15-18)25-14-4-6-20(16-25)28-2/h7-12,15,20H,3-6,13-14,16H2,1-2H3,(H,23,26). The zero-order valence-corrected chi connectivity index (χ0v) is 16.7. The summed E-state index contributed by atoms with van der Waals surface area (Å²) < 4.78 is 10.6. The minimum absolute atomic E-state index is 0.0813. The molecule has 1 amide bonds. The zero-order valence-electron chi connectivity index (χ0n) is 16.7.